The number of amides is 1. The highest BCUT2D eigenvalue weighted by molar-refractivity contribution is 7.11. The van der Waals surface area contributed by atoms with E-state index in [4.69, 9.17) is 9.47 Å². The van der Waals surface area contributed by atoms with Gasteiger partial charge in [-0.3, -0.25) is 4.79 Å². The van der Waals surface area contributed by atoms with E-state index in [1.807, 2.05) is 13.8 Å². The Hall–Kier alpha value is -1.96. The average Bonchev–Trinajstić information content (AvgIpc) is 2.94. The maximum absolute atomic E-state index is 12.4. The van der Waals surface area contributed by atoms with Crippen molar-refractivity contribution in [2.75, 3.05) is 6.61 Å². The van der Waals surface area contributed by atoms with Gasteiger partial charge in [-0.05, 0) is 33.6 Å². The molecule has 0 fully saturated rings. The SMILES string of the molecule is CCOC(=O)c1csc(C(=O)CC(NC(=O)OC(C)(C)C)C(C)C)n1. The molecule has 1 unspecified atom stereocenters. The Morgan fingerprint density at radius 3 is 2.44 bits per heavy atom. The van der Waals surface area contributed by atoms with Crippen LogP contribution in [0.1, 0.15) is 68.3 Å². The number of hydrogen-bond donors (Lipinski definition) is 1. The van der Waals surface area contributed by atoms with Gasteiger partial charge in [-0.15, -0.1) is 11.3 Å². The van der Waals surface area contributed by atoms with Crippen molar-refractivity contribution >= 4 is 29.2 Å². The van der Waals surface area contributed by atoms with E-state index < -0.39 is 23.7 Å². The standard InChI is InChI=1S/C17H26N2O5S/c1-7-23-15(21)12-9-25-14(18-12)13(20)8-11(10(2)3)19-16(22)24-17(4,5)6/h9-11H,7-8H2,1-6H3,(H,19,22). The number of hydrogen-bond acceptors (Lipinski definition) is 7. The number of ketones is 1. The van der Waals surface area contributed by atoms with Crippen LogP contribution in [0.4, 0.5) is 4.79 Å². The summed E-state index contributed by atoms with van der Waals surface area (Å²) in [5.41, 5.74) is -0.490. The minimum atomic E-state index is -0.612. The summed E-state index contributed by atoms with van der Waals surface area (Å²) < 4.78 is 10.1. The molecule has 1 amide bonds. The molecule has 0 saturated carbocycles. The second-order valence-corrected chi connectivity index (χ2v) is 7.74. The van der Waals surface area contributed by atoms with Crippen molar-refractivity contribution in [3.63, 3.8) is 0 Å². The number of nitrogens with zero attached hydrogens (tertiary/aromatic N) is 1. The summed E-state index contributed by atoms with van der Waals surface area (Å²) >= 11 is 1.09. The molecule has 1 N–H and O–H groups in total. The molecule has 8 heteroatoms. The van der Waals surface area contributed by atoms with Crippen molar-refractivity contribution in [3.8, 4) is 0 Å². The van der Waals surface area contributed by atoms with Crippen LogP contribution < -0.4 is 5.32 Å². The van der Waals surface area contributed by atoms with Gasteiger partial charge in [-0.2, -0.15) is 0 Å². The number of alkyl carbamates (subject to hydrolysis) is 1. The number of thiazole rings is 1. The van der Waals surface area contributed by atoms with E-state index in [1.165, 1.54) is 5.38 Å². The molecule has 0 aliphatic heterocycles. The summed E-state index contributed by atoms with van der Waals surface area (Å²) in [6.45, 7) is 11.1. The molecule has 1 aromatic heterocycles. The molecule has 25 heavy (non-hydrogen) atoms. The van der Waals surface area contributed by atoms with Crippen LogP contribution in [0.3, 0.4) is 0 Å². The van der Waals surface area contributed by atoms with E-state index in [0.29, 0.717) is 0 Å². The van der Waals surface area contributed by atoms with Crippen molar-refractivity contribution in [1.29, 1.82) is 0 Å². The first-order chi connectivity index (χ1) is 11.5. The van der Waals surface area contributed by atoms with Crippen LogP contribution in [0, 0.1) is 5.92 Å². The molecule has 0 saturated heterocycles. The first kappa shape index (κ1) is 21.1. The summed E-state index contributed by atoms with van der Waals surface area (Å²) in [4.78, 5) is 40.0. The second-order valence-electron chi connectivity index (χ2n) is 6.88. The van der Waals surface area contributed by atoms with Crippen LogP contribution in [0.15, 0.2) is 5.38 Å². The molecule has 0 aromatic carbocycles. The fraction of sp³-hybridized carbons (Fsp3) is 0.647. The minimum absolute atomic E-state index is 0.0287. The van der Waals surface area contributed by atoms with Crippen molar-refractivity contribution in [2.45, 2.75) is 59.6 Å². The number of ether oxygens (including phenoxy) is 2. The van der Waals surface area contributed by atoms with Gasteiger partial charge in [-0.25, -0.2) is 14.6 Å². The third-order valence-electron chi connectivity index (χ3n) is 3.14. The molecule has 1 heterocycles. The van der Waals surface area contributed by atoms with Crippen LogP contribution in [-0.2, 0) is 9.47 Å². The molecule has 0 spiro atoms. The average molecular weight is 370 g/mol. The van der Waals surface area contributed by atoms with Gasteiger partial charge in [-0.1, -0.05) is 13.8 Å². The highest BCUT2D eigenvalue weighted by Crippen LogP contribution is 2.17. The molecule has 0 aliphatic rings. The number of carbonyl (C=O) groups is 3. The molecule has 140 valence electrons. The van der Waals surface area contributed by atoms with Crippen molar-refractivity contribution in [2.24, 2.45) is 5.92 Å². The number of nitrogens with one attached hydrogen (secondary N) is 1. The van der Waals surface area contributed by atoms with Gasteiger partial charge in [0.15, 0.2) is 16.5 Å². The summed E-state index contributed by atoms with van der Waals surface area (Å²) in [6.07, 6.45) is -0.488. The van der Waals surface area contributed by atoms with Crippen LogP contribution in [-0.4, -0.2) is 41.1 Å². The van der Waals surface area contributed by atoms with Crippen LogP contribution in [0.25, 0.3) is 0 Å². The quantitative estimate of drug-likeness (QED) is 0.583. The Balaban J connectivity index is 2.74. The molecule has 7 nitrogen and oxygen atoms in total. The van der Waals surface area contributed by atoms with Gasteiger partial charge in [0, 0.05) is 17.8 Å². The Morgan fingerprint density at radius 1 is 1.28 bits per heavy atom. The van der Waals surface area contributed by atoms with Gasteiger partial charge >= 0.3 is 12.1 Å². The zero-order chi connectivity index (χ0) is 19.2. The maximum atomic E-state index is 12.4. The Morgan fingerprint density at radius 2 is 1.92 bits per heavy atom. The molecular weight excluding hydrogens is 344 g/mol. The van der Waals surface area contributed by atoms with Crippen molar-refractivity contribution < 1.29 is 23.9 Å². The predicted molar refractivity (Wildman–Crippen MR) is 95.0 cm³/mol. The van der Waals surface area contributed by atoms with E-state index in [-0.39, 0.29) is 35.4 Å². The summed E-state index contributed by atoms with van der Waals surface area (Å²) in [5, 5.41) is 4.45. The molecule has 0 bridgehead atoms. The van der Waals surface area contributed by atoms with E-state index >= 15 is 0 Å². The number of Topliss-reactive ketones (excluding diaryl/α,β-unsaturated/α-hetero) is 1. The Labute approximate surface area is 152 Å². The van der Waals surface area contributed by atoms with Crippen LogP contribution in [0.5, 0.6) is 0 Å². The normalized spacial score (nSPS) is 12.6. The lowest BCUT2D eigenvalue weighted by Gasteiger charge is -2.25. The lowest BCUT2D eigenvalue weighted by molar-refractivity contribution is 0.0484. The number of esters is 1. The van der Waals surface area contributed by atoms with Gasteiger partial charge in [0.25, 0.3) is 0 Å². The molecule has 1 atom stereocenters. The van der Waals surface area contributed by atoms with E-state index in [1.54, 1.807) is 27.7 Å². The van der Waals surface area contributed by atoms with Gasteiger partial charge < -0.3 is 14.8 Å². The zero-order valence-corrected chi connectivity index (χ0v) is 16.4. The smallest absolute Gasteiger partial charge is 0.407 e. The van der Waals surface area contributed by atoms with Gasteiger partial charge in [0.05, 0.1) is 6.61 Å². The van der Waals surface area contributed by atoms with Crippen LogP contribution >= 0.6 is 11.3 Å². The van der Waals surface area contributed by atoms with E-state index in [0.717, 1.165) is 11.3 Å². The molecule has 1 rings (SSSR count). The molecule has 1 aromatic rings. The fourth-order valence-electron chi connectivity index (χ4n) is 1.90. The first-order valence-corrected chi connectivity index (χ1v) is 9.06. The zero-order valence-electron chi connectivity index (χ0n) is 15.5. The summed E-state index contributed by atoms with van der Waals surface area (Å²) in [6, 6.07) is -0.391. The monoisotopic (exact) mass is 370 g/mol. The van der Waals surface area contributed by atoms with Gasteiger partial charge in [0.2, 0.25) is 0 Å². The molecule has 0 aliphatic carbocycles. The number of aromatic nitrogens is 1. The third-order valence-corrected chi connectivity index (χ3v) is 4.02. The minimum Gasteiger partial charge on any atom is -0.461 e. The third kappa shape index (κ3) is 7.21. The number of carbonyl (C=O) groups excluding carboxylic acids is 3. The predicted octanol–water partition coefficient (Wildman–Crippen LogP) is 3.44. The second kappa shape index (κ2) is 8.94. The lowest BCUT2D eigenvalue weighted by Crippen LogP contribution is -2.42. The highest BCUT2D eigenvalue weighted by Gasteiger charge is 2.25. The van der Waals surface area contributed by atoms with Gasteiger partial charge in [0.1, 0.15) is 5.60 Å². The first-order valence-electron chi connectivity index (χ1n) is 8.18. The van der Waals surface area contributed by atoms with Crippen molar-refractivity contribution in [1.82, 2.24) is 10.3 Å². The maximum Gasteiger partial charge on any atom is 0.407 e. The van der Waals surface area contributed by atoms with Crippen LogP contribution in [0.2, 0.25) is 0 Å². The fourth-order valence-corrected chi connectivity index (χ4v) is 2.64. The highest BCUT2D eigenvalue weighted by atomic mass is 32.1. The Bertz CT molecular complexity index is 619. The molecule has 0 radical (unpaired) electrons. The molecular formula is C17H26N2O5S. The lowest BCUT2D eigenvalue weighted by atomic mass is 9.99. The van der Waals surface area contributed by atoms with E-state index in [2.05, 4.69) is 10.3 Å². The Kier molecular flexibility index (Phi) is 7.54. The summed E-state index contributed by atoms with van der Waals surface area (Å²) in [5.74, 6) is -0.763. The topological polar surface area (TPSA) is 94.6 Å². The summed E-state index contributed by atoms with van der Waals surface area (Å²) in [7, 11) is 0. The largest absolute Gasteiger partial charge is 0.461 e. The van der Waals surface area contributed by atoms with Crippen molar-refractivity contribution in [3.05, 3.63) is 16.1 Å². The van der Waals surface area contributed by atoms with E-state index in [9.17, 15) is 14.4 Å². The number of rotatable bonds is 7.